The van der Waals surface area contributed by atoms with Gasteiger partial charge in [0, 0.05) is 60.1 Å². The maximum Gasteiger partial charge on any atom is 0.137 e. The van der Waals surface area contributed by atoms with Crippen LogP contribution in [0.3, 0.4) is 0 Å². The first kappa shape index (κ1) is 38.4. The van der Waals surface area contributed by atoms with Crippen LogP contribution in [0.5, 0.6) is 0 Å². The number of rotatable bonds is 4. The van der Waals surface area contributed by atoms with E-state index < -0.39 is 0 Å². The Balaban J connectivity index is 0.000000178. The predicted octanol–water partition coefficient (Wildman–Crippen LogP) is 11.1. The minimum atomic E-state index is 0. The first-order valence-corrected chi connectivity index (χ1v) is 16.9. The molecule has 0 fully saturated rings. The number of aromatic amines is 1. The maximum atomic E-state index is 4.32. The van der Waals surface area contributed by atoms with Gasteiger partial charge in [-0.1, -0.05) is 87.6 Å². The van der Waals surface area contributed by atoms with Gasteiger partial charge in [0.05, 0.1) is 11.3 Å². The Morgan fingerprint density at radius 2 is 1.20 bits per heavy atom. The number of nitrogens with one attached hydrogen (secondary N) is 3. The molecule has 49 heavy (non-hydrogen) atoms. The molecule has 0 unspecified atom stereocenters. The number of anilines is 1. The van der Waals surface area contributed by atoms with Gasteiger partial charge < -0.3 is 15.6 Å². The average molecular weight is 658 g/mol. The zero-order valence-electron chi connectivity index (χ0n) is 29.8. The second-order valence-electron chi connectivity index (χ2n) is 13.1. The van der Waals surface area contributed by atoms with Crippen LogP contribution in [-0.2, 0) is 6.54 Å². The number of benzene rings is 1. The van der Waals surface area contributed by atoms with Crippen LogP contribution in [0.25, 0.3) is 21.9 Å². The van der Waals surface area contributed by atoms with E-state index in [0.717, 1.165) is 29.3 Å². The van der Waals surface area contributed by atoms with Gasteiger partial charge in [0.15, 0.2) is 0 Å². The van der Waals surface area contributed by atoms with Gasteiger partial charge in [0.1, 0.15) is 11.5 Å². The number of para-hydroxylation sites is 1. The number of aromatic nitrogens is 5. The molecule has 7 heteroatoms. The molecule has 0 atom stereocenters. The minimum absolute atomic E-state index is 0. The Kier molecular flexibility index (Phi) is 14.5. The minimum Gasteiger partial charge on any atom is -0.368 e. The predicted molar refractivity (Wildman–Crippen MR) is 209 cm³/mol. The van der Waals surface area contributed by atoms with E-state index in [1.54, 1.807) is 0 Å². The fraction of sp³-hybridized carbons (Fsp3) is 0.333. The molecule has 0 saturated carbocycles. The lowest BCUT2D eigenvalue weighted by Crippen LogP contribution is -2.26. The van der Waals surface area contributed by atoms with Gasteiger partial charge in [-0.3, -0.25) is 9.97 Å². The van der Waals surface area contributed by atoms with Crippen LogP contribution in [0.1, 0.15) is 114 Å². The molecule has 1 aliphatic heterocycles. The summed E-state index contributed by atoms with van der Waals surface area (Å²) >= 11 is 0. The van der Waals surface area contributed by atoms with E-state index in [2.05, 4.69) is 140 Å². The summed E-state index contributed by atoms with van der Waals surface area (Å²) in [5, 5.41) is 8.85. The summed E-state index contributed by atoms with van der Waals surface area (Å²) in [5.74, 6) is 4.04. The van der Waals surface area contributed by atoms with Gasteiger partial charge >= 0.3 is 0 Å². The molecule has 0 bridgehead atoms. The molecule has 3 N–H and O–H groups in total. The standard InChI is InChI=1S/C12H13N.C11H15N3.C10H12N2.C8H11N.CH4/c1-9(2)10-7-8-13-12-6-4-3-5-11(10)12;1-7(2)9-4-5-12-11-10(9)6-13-8(3)14-11;1-7(2)8-3-5-11-10-9(8)4-6-12-10;1-7(2)8-3-5-9-6-4-8;/h3-9H,1-2H3;4-5,7,13H,3,6H2,1-2H3,(H,12,14);3-7H,1-2H3,(H,11,12);3-7H,1-2H3;1H4. The Labute approximate surface area is 293 Å². The van der Waals surface area contributed by atoms with Crippen LogP contribution in [-0.4, -0.2) is 24.9 Å². The molecular weight excluding hydrogens is 603 g/mol. The smallest absolute Gasteiger partial charge is 0.137 e. The zero-order valence-corrected chi connectivity index (χ0v) is 29.8. The van der Waals surface area contributed by atoms with Gasteiger partial charge in [0.2, 0.25) is 0 Å². The number of hydrogen-bond acceptors (Lipinski definition) is 6. The summed E-state index contributed by atoms with van der Waals surface area (Å²) in [6, 6.07) is 20.7. The number of fused-ring (bicyclic) bond motifs is 3. The van der Waals surface area contributed by atoms with Crippen LogP contribution in [0, 0.1) is 0 Å². The van der Waals surface area contributed by atoms with Gasteiger partial charge in [-0.05, 0) is 88.4 Å². The van der Waals surface area contributed by atoms with Crippen molar-refractivity contribution in [3.05, 3.63) is 138 Å². The highest BCUT2D eigenvalue weighted by atomic mass is 15.2. The first-order chi connectivity index (χ1) is 23.1. The van der Waals surface area contributed by atoms with Crippen molar-refractivity contribution in [1.29, 1.82) is 0 Å². The van der Waals surface area contributed by atoms with Crippen molar-refractivity contribution in [2.75, 3.05) is 5.32 Å². The first-order valence-electron chi connectivity index (χ1n) is 16.9. The molecule has 0 amide bonds. The fourth-order valence-corrected chi connectivity index (χ4v) is 5.58. The average Bonchev–Trinajstić information content (AvgIpc) is 3.58. The third kappa shape index (κ3) is 10.5. The summed E-state index contributed by atoms with van der Waals surface area (Å²) in [4.78, 5) is 19.9. The van der Waals surface area contributed by atoms with E-state index in [1.807, 2.05) is 55.4 Å². The van der Waals surface area contributed by atoms with Gasteiger partial charge in [-0.15, -0.1) is 0 Å². The lowest BCUT2D eigenvalue weighted by Gasteiger charge is -2.24. The summed E-state index contributed by atoms with van der Waals surface area (Å²) in [6.45, 7) is 22.2. The van der Waals surface area contributed by atoms with E-state index in [4.69, 9.17) is 0 Å². The summed E-state index contributed by atoms with van der Waals surface area (Å²) in [7, 11) is 0. The molecule has 6 aromatic rings. The number of hydrogen-bond donors (Lipinski definition) is 3. The topological polar surface area (TPSA) is 91.4 Å². The largest absolute Gasteiger partial charge is 0.368 e. The molecular formula is C42H55N7. The highest BCUT2D eigenvalue weighted by Gasteiger charge is 2.16. The molecule has 1 aromatic carbocycles. The van der Waals surface area contributed by atoms with E-state index in [-0.39, 0.29) is 7.43 Å². The van der Waals surface area contributed by atoms with E-state index >= 15 is 0 Å². The number of H-pyrrole nitrogens is 1. The lowest BCUT2D eigenvalue weighted by molar-refractivity contribution is 0.750. The molecule has 0 spiro atoms. The van der Waals surface area contributed by atoms with Crippen molar-refractivity contribution in [2.45, 2.75) is 93.0 Å². The molecule has 0 saturated heterocycles. The second-order valence-corrected chi connectivity index (χ2v) is 13.1. The van der Waals surface area contributed by atoms with E-state index in [1.165, 1.54) is 38.6 Å². The third-order valence-electron chi connectivity index (χ3n) is 8.26. The second kappa shape index (κ2) is 18.5. The SMILES string of the molecule is C.C=C1NCc2c(C(C)C)ccnc2N1.CC(C)c1ccnc2[nH]ccc12.CC(C)c1ccnc2ccccc12.CC(C)c1ccncc1. The fourth-order valence-electron chi connectivity index (χ4n) is 5.58. The van der Waals surface area contributed by atoms with Crippen LogP contribution < -0.4 is 10.6 Å². The molecule has 7 rings (SSSR count). The van der Waals surface area contributed by atoms with Crippen molar-refractivity contribution >= 4 is 27.8 Å². The molecule has 258 valence electrons. The van der Waals surface area contributed by atoms with Crippen LogP contribution >= 0.6 is 0 Å². The monoisotopic (exact) mass is 657 g/mol. The summed E-state index contributed by atoms with van der Waals surface area (Å²) in [5.41, 5.74) is 8.78. The van der Waals surface area contributed by atoms with Gasteiger partial charge in [0.25, 0.3) is 0 Å². The van der Waals surface area contributed by atoms with Crippen molar-refractivity contribution in [3.63, 3.8) is 0 Å². The Bertz CT molecular complexity index is 1880. The summed E-state index contributed by atoms with van der Waals surface area (Å²) < 4.78 is 0. The lowest BCUT2D eigenvalue weighted by atomic mass is 9.97. The summed E-state index contributed by atoms with van der Waals surface area (Å²) in [6.07, 6.45) is 11.2. The number of pyridine rings is 4. The molecule has 6 heterocycles. The van der Waals surface area contributed by atoms with Crippen molar-refractivity contribution in [2.24, 2.45) is 0 Å². The van der Waals surface area contributed by atoms with Crippen molar-refractivity contribution in [1.82, 2.24) is 30.2 Å². The third-order valence-corrected chi connectivity index (χ3v) is 8.26. The highest BCUT2D eigenvalue weighted by molar-refractivity contribution is 5.82. The zero-order chi connectivity index (χ0) is 34.6. The van der Waals surface area contributed by atoms with Crippen molar-refractivity contribution < 1.29 is 0 Å². The molecule has 0 aliphatic carbocycles. The van der Waals surface area contributed by atoms with Crippen LogP contribution in [0.2, 0.25) is 0 Å². The molecule has 5 aromatic heterocycles. The van der Waals surface area contributed by atoms with Crippen LogP contribution in [0.4, 0.5) is 5.82 Å². The Morgan fingerprint density at radius 1 is 0.612 bits per heavy atom. The highest BCUT2D eigenvalue weighted by Crippen LogP contribution is 2.27. The maximum absolute atomic E-state index is 4.32. The van der Waals surface area contributed by atoms with Crippen molar-refractivity contribution in [3.8, 4) is 0 Å². The quantitative estimate of drug-likeness (QED) is 0.175. The molecule has 1 aliphatic rings. The normalized spacial score (nSPS) is 11.7. The molecule has 7 nitrogen and oxygen atoms in total. The Hall–Kier alpha value is -5.04. The van der Waals surface area contributed by atoms with Crippen LogP contribution in [0.15, 0.2) is 110 Å². The van der Waals surface area contributed by atoms with Gasteiger partial charge in [-0.25, -0.2) is 9.97 Å². The van der Waals surface area contributed by atoms with Gasteiger partial charge in [-0.2, -0.15) is 0 Å². The molecule has 0 radical (unpaired) electrons. The van der Waals surface area contributed by atoms with E-state index in [0.29, 0.717) is 23.7 Å². The Morgan fingerprint density at radius 3 is 1.84 bits per heavy atom. The number of nitrogens with zero attached hydrogens (tertiary/aromatic N) is 4. The van der Waals surface area contributed by atoms with E-state index in [9.17, 15) is 0 Å².